The van der Waals surface area contributed by atoms with Crippen LogP contribution >= 0.6 is 11.8 Å². The fourth-order valence-electron chi connectivity index (χ4n) is 5.65. The van der Waals surface area contributed by atoms with Crippen molar-refractivity contribution in [1.82, 2.24) is 15.5 Å². The van der Waals surface area contributed by atoms with Gasteiger partial charge in [-0.1, -0.05) is 44.2 Å². The van der Waals surface area contributed by atoms with E-state index in [1.54, 1.807) is 6.26 Å². The quantitative estimate of drug-likeness (QED) is 0.287. The molecule has 3 unspecified atom stereocenters. The Balaban J connectivity index is 1.49. The lowest BCUT2D eigenvalue weighted by Crippen LogP contribution is -2.67. The molecule has 3 aliphatic rings. The maximum atomic E-state index is 13.8. The molecule has 11 heteroatoms. The molecule has 3 saturated heterocycles. The molecule has 5 N–H and O–H groups in total. The Bertz CT molecular complexity index is 924. The first-order valence-electron chi connectivity index (χ1n) is 12.9. The van der Waals surface area contributed by atoms with Crippen molar-refractivity contribution in [2.24, 2.45) is 16.8 Å². The normalized spacial score (nSPS) is 37.5. The zero-order valence-corrected chi connectivity index (χ0v) is 22.5. The van der Waals surface area contributed by atoms with E-state index in [0.717, 1.165) is 19.6 Å². The molecular formula is C26H40N4O6S. The van der Waals surface area contributed by atoms with Crippen molar-refractivity contribution < 1.29 is 29.6 Å². The molecular weight excluding hydrogens is 496 g/mol. The van der Waals surface area contributed by atoms with E-state index in [1.165, 1.54) is 17.3 Å². The molecule has 0 bridgehead atoms. The topological polar surface area (TPSA) is 136 Å². The van der Waals surface area contributed by atoms with Crippen LogP contribution in [0, 0.1) is 11.8 Å². The van der Waals surface area contributed by atoms with E-state index in [-0.39, 0.29) is 11.8 Å². The summed E-state index contributed by atoms with van der Waals surface area (Å²) in [4.78, 5) is 20.4. The molecule has 1 amide bonds. The van der Waals surface area contributed by atoms with Crippen LogP contribution < -0.4 is 10.6 Å². The van der Waals surface area contributed by atoms with Gasteiger partial charge in [-0.05, 0) is 24.5 Å². The summed E-state index contributed by atoms with van der Waals surface area (Å²) >= 11 is 1.24. The van der Waals surface area contributed by atoms with Gasteiger partial charge in [0.1, 0.15) is 36.0 Å². The third kappa shape index (κ3) is 5.74. The number of ether oxygens (including phenoxy) is 2. The van der Waals surface area contributed by atoms with Crippen LogP contribution in [0.3, 0.4) is 0 Å². The number of carbonyl (C=O) groups is 1. The largest absolute Gasteiger partial charge is 0.388 e. The number of carbonyl (C=O) groups excluding carboxylic acids is 1. The number of amides is 1. The minimum atomic E-state index is -1.39. The minimum absolute atomic E-state index is 0.0225. The van der Waals surface area contributed by atoms with Crippen LogP contribution in [-0.2, 0) is 20.8 Å². The zero-order valence-electron chi connectivity index (χ0n) is 21.7. The number of aliphatic hydroxyl groups excluding tert-OH is 3. The molecule has 206 valence electrons. The standard InChI is InChI=1S/C26H40N4O6S/c1-15(2)18(22-20(32)19(31)21(33)24(36-22)37-4)29-25(34)26(27-3)23-17(12-28-26)14-30(10-11-35-23)13-16-8-6-5-7-9-16/h5-9,15,17-24,28,31-33H,3,10-14H2,1-2,4H3,(H,29,34)/t17-,18-,19?,20?,21-,22-,23-,24?,26+/m1/s1. The molecule has 0 spiro atoms. The van der Waals surface area contributed by atoms with Crippen LogP contribution in [0.1, 0.15) is 19.4 Å². The number of thioether (sulfide) groups is 1. The number of aliphatic hydroxyl groups is 3. The van der Waals surface area contributed by atoms with Crippen molar-refractivity contribution in [3.63, 3.8) is 0 Å². The second kappa shape index (κ2) is 12.1. The summed E-state index contributed by atoms with van der Waals surface area (Å²) in [5, 5.41) is 37.7. The fourth-order valence-corrected chi connectivity index (χ4v) is 6.33. The van der Waals surface area contributed by atoms with E-state index < -0.39 is 53.6 Å². The molecule has 10 nitrogen and oxygen atoms in total. The lowest BCUT2D eigenvalue weighted by atomic mass is 9.88. The Morgan fingerprint density at radius 1 is 1.27 bits per heavy atom. The number of rotatable bonds is 8. The van der Waals surface area contributed by atoms with E-state index >= 15 is 0 Å². The molecule has 3 aliphatic heterocycles. The highest BCUT2D eigenvalue weighted by Gasteiger charge is 2.56. The molecule has 4 rings (SSSR count). The van der Waals surface area contributed by atoms with Crippen LogP contribution in [0.2, 0.25) is 0 Å². The van der Waals surface area contributed by atoms with E-state index in [9.17, 15) is 20.1 Å². The van der Waals surface area contributed by atoms with Gasteiger partial charge < -0.3 is 30.1 Å². The highest BCUT2D eigenvalue weighted by atomic mass is 32.2. The molecule has 0 aliphatic carbocycles. The first-order chi connectivity index (χ1) is 17.7. The summed E-state index contributed by atoms with van der Waals surface area (Å²) in [5.41, 5.74) is -0.903. The summed E-state index contributed by atoms with van der Waals surface area (Å²) < 4.78 is 12.2. The van der Waals surface area contributed by atoms with E-state index in [1.807, 2.05) is 32.0 Å². The third-order valence-corrected chi connectivity index (χ3v) is 8.58. The Labute approximate surface area is 222 Å². The second-order valence-corrected chi connectivity index (χ2v) is 11.4. The lowest BCUT2D eigenvalue weighted by molar-refractivity contribution is -0.208. The molecule has 3 heterocycles. The zero-order chi connectivity index (χ0) is 26.7. The van der Waals surface area contributed by atoms with Gasteiger partial charge >= 0.3 is 0 Å². The Morgan fingerprint density at radius 3 is 2.65 bits per heavy atom. The van der Waals surface area contributed by atoms with Gasteiger partial charge in [-0.2, -0.15) is 0 Å². The molecule has 1 aromatic rings. The minimum Gasteiger partial charge on any atom is -0.388 e. The van der Waals surface area contributed by atoms with Crippen LogP contribution in [0.5, 0.6) is 0 Å². The first-order valence-corrected chi connectivity index (χ1v) is 14.1. The van der Waals surface area contributed by atoms with Crippen LogP contribution in [0.15, 0.2) is 35.3 Å². The van der Waals surface area contributed by atoms with Crippen LogP contribution in [0.4, 0.5) is 0 Å². The van der Waals surface area contributed by atoms with Gasteiger partial charge in [0.15, 0.2) is 0 Å². The smallest absolute Gasteiger partial charge is 0.265 e. The summed E-state index contributed by atoms with van der Waals surface area (Å²) in [7, 11) is 0. The maximum absolute atomic E-state index is 13.8. The average Bonchev–Trinajstić information content (AvgIpc) is 3.12. The van der Waals surface area contributed by atoms with Gasteiger partial charge in [0, 0.05) is 32.1 Å². The number of fused-ring (bicyclic) bond motifs is 1. The average molecular weight is 537 g/mol. The highest BCUT2D eigenvalue weighted by molar-refractivity contribution is 7.99. The van der Waals surface area contributed by atoms with Gasteiger partial charge in [-0.15, -0.1) is 11.8 Å². The second-order valence-electron chi connectivity index (χ2n) is 10.5. The lowest BCUT2D eigenvalue weighted by Gasteiger charge is -2.45. The Morgan fingerprint density at radius 2 is 2.00 bits per heavy atom. The molecule has 0 aromatic heterocycles. The predicted octanol–water partition coefficient (Wildman–Crippen LogP) is -0.185. The van der Waals surface area contributed by atoms with Gasteiger partial charge in [0.2, 0.25) is 5.66 Å². The number of nitrogens with one attached hydrogen (secondary N) is 2. The summed E-state index contributed by atoms with van der Waals surface area (Å²) in [6.45, 7) is 10.8. The fraction of sp³-hybridized carbons (Fsp3) is 0.692. The SMILES string of the molecule is C=N[C@]1(C(=O)N[C@H](C(C)C)[C@H]2OC(SC)[C@H](O)C(O)C2O)NC[C@@H]2CN(Cc3ccccc3)CCO[C@H]21. The van der Waals surface area contributed by atoms with Gasteiger partial charge in [-0.25, -0.2) is 0 Å². The summed E-state index contributed by atoms with van der Waals surface area (Å²) in [6, 6.07) is 9.61. The number of benzene rings is 1. The summed E-state index contributed by atoms with van der Waals surface area (Å²) in [5.74, 6) is -0.541. The third-order valence-electron chi connectivity index (χ3n) is 7.72. The van der Waals surface area contributed by atoms with E-state index in [2.05, 4.69) is 39.4 Å². The molecule has 0 radical (unpaired) electrons. The predicted molar refractivity (Wildman–Crippen MR) is 142 cm³/mol. The van der Waals surface area contributed by atoms with Gasteiger partial charge in [-0.3, -0.25) is 20.0 Å². The van der Waals surface area contributed by atoms with E-state index in [4.69, 9.17) is 9.47 Å². The van der Waals surface area contributed by atoms with Gasteiger partial charge in [0.25, 0.3) is 5.91 Å². The maximum Gasteiger partial charge on any atom is 0.265 e. The summed E-state index contributed by atoms with van der Waals surface area (Å²) in [6.07, 6.45) is -3.68. The molecule has 0 saturated carbocycles. The number of aliphatic imine (C=N–C) groups is 1. The van der Waals surface area contributed by atoms with Crippen LogP contribution in [0.25, 0.3) is 0 Å². The van der Waals surface area contributed by atoms with Crippen molar-refractivity contribution >= 4 is 24.4 Å². The molecule has 9 atom stereocenters. The van der Waals surface area contributed by atoms with Crippen LogP contribution in [-0.4, -0.2) is 113 Å². The van der Waals surface area contributed by atoms with E-state index in [0.29, 0.717) is 13.2 Å². The molecule has 1 aromatic carbocycles. The Kier molecular flexibility index (Phi) is 9.29. The number of hydrogen-bond donors (Lipinski definition) is 5. The Hall–Kier alpha value is -1.57. The number of nitrogens with zero attached hydrogens (tertiary/aromatic N) is 2. The van der Waals surface area contributed by atoms with Crippen molar-refractivity contribution in [1.29, 1.82) is 0 Å². The number of hydrogen-bond acceptors (Lipinski definition) is 10. The highest BCUT2D eigenvalue weighted by Crippen LogP contribution is 2.34. The molecule has 3 fully saturated rings. The molecule has 37 heavy (non-hydrogen) atoms. The monoisotopic (exact) mass is 536 g/mol. The van der Waals surface area contributed by atoms with Crippen molar-refractivity contribution in [2.75, 3.05) is 32.5 Å². The first kappa shape index (κ1) is 28.4. The van der Waals surface area contributed by atoms with Crippen molar-refractivity contribution in [3.8, 4) is 0 Å². The van der Waals surface area contributed by atoms with Crippen molar-refractivity contribution in [3.05, 3.63) is 35.9 Å². The van der Waals surface area contributed by atoms with Gasteiger partial charge in [0.05, 0.1) is 12.6 Å². The van der Waals surface area contributed by atoms with Crippen molar-refractivity contribution in [2.45, 2.75) is 68.1 Å².